The van der Waals surface area contributed by atoms with Gasteiger partial charge >= 0.3 is 0 Å². The van der Waals surface area contributed by atoms with Gasteiger partial charge in [0.25, 0.3) is 11.6 Å². The van der Waals surface area contributed by atoms with Gasteiger partial charge in [0.15, 0.2) is 5.69 Å². The zero-order chi connectivity index (χ0) is 22.1. The van der Waals surface area contributed by atoms with Gasteiger partial charge in [-0.3, -0.25) is 14.9 Å². The topological polar surface area (TPSA) is 145 Å². The van der Waals surface area contributed by atoms with Crippen molar-refractivity contribution in [1.82, 2.24) is 19.8 Å². The Morgan fingerprint density at radius 3 is 2.70 bits per heavy atom. The molecule has 2 N–H and O–H groups in total. The minimum atomic E-state index is -4.10. The van der Waals surface area contributed by atoms with Crippen LogP contribution < -0.4 is 14.8 Å². The molecule has 11 nitrogen and oxygen atoms in total. The number of nitrogens with zero attached hydrogens (tertiary/aromatic N) is 3. The molecule has 1 heterocycles. The van der Waals surface area contributed by atoms with Crippen molar-refractivity contribution in [2.45, 2.75) is 50.1 Å². The maximum Gasteiger partial charge on any atom is 0.272 e. The van der Waals surface area contributed by atoms with Crippen molar-refractivity contribution in [3.05, 3.63) is 40.1 Å². The van der Waals surface area contributed by atoms with E-state index in [1.807, 2.05) is 6.92 Å². The van der Waals surface area contributed by atoms with Crippen LogP contribution in [0.3, 0.4) is 0 Å². The highest BCUT2D eigenvalue weighted by atomic mass is 32.2. The van der Waals surface area contributed by atoms with E-state index >= 15 is 0 Å². The summed E-state index contributed by atoms with van der Waals surface area (Å²) in [5.41, 5.74) is -0.259. The van der Waals surface area contributed by atoms with Crippen LogP contribution in [-0.2, 0) is 17.1 Å². The van der Waals surface area contributed by atoms with Crippen molar-refractivity contribution < 1.29 is 22.9 Å². The highest BCUT2D eigenvalue weighted by molar-refractivity contribution is 7.89. The van der Waals surface area contributed by atoms with E-state index in [9.17, 15) is 23.3 Å². The number of aromatic nitrogens is 2. The van der Waals surface area contributed by atoms with Crippen LogP contribution in [-0.4, -0.2) is 41.1 Å². The van der Waals surface area contributed by atoms with Crippen molar-refractivity contribution in [3.63, 3.8) is 0 Å². The normalized spacial score (nSPS) is 14.9. The summed E-state index contributed by atoms with van der Waals surface area (Å²) < 4.78 is 35.1. The number of nitro benzene ring substituents is 1. The largest absolute Gasteiger partial charge is 0.438 e. The number of sulfonamides is 1. The molecule has 1 aromatic carbocycles. The lowest BCUT2D eigenvalue weighted by Gasteiger charge is -2.15. The van der Waals surface area contributed by atoms with Gasteiger partial charge in [-0.2, -0.15) is 5.10 Å². The molecule has 1 amide bonds. The van der Waals surface area contributed by atoms with Crippen LogP contribution in [0.25, 0.3) is 0 Å². The first-order chi connectivity index (χ1) is 14.1. The number of amides is 1. The predicted molar refractivity (Wildman–Crippen MR) is 107 cm³/mol. The molecule has 3 rings (SSSR count). The Labute approximate surface area is 173 Å². The number of carbonyl (C=O) groups is 1. The molecule has 162 valence electrons. The van der Waals surface area contributed by atoms with Crippen LogP contribution in [0.4, 0.5) is 5.69 Å². The zero-order valence-electron chi connectivity index (χ0n) is 16.8. The number of hydrogen-bond acceptors (Lipinski definition) is 7. The standard InChI is InChI=1S/C18H23N5O6S/c1-4-11(2)21-30(27,28)16-9-13(23(25)26)7-8-15(16)29-17-10-14(20-22(17)3)18(24)19-12-5-6-12/h7-12,21H,4-6H2,1-3H3,(H,19,24)/t11-/m0/s1. The van der Waals surface area contributed by atoms with E-state index in [4.69, 9.17) is 4.74 Å². The summed E-state index contributed by atoms with van der Waals surface area (Å²) in [6.45, 7) is 3.49. The Kier molecular flexibility index (Phi) is 6.08. The SMILES string of the molecule is CC[C@H](C)NS(=O)(=O)c1cc([N+](=O)[O-])ccc1Oc1cc(C(=O)NC2CC2)nn1C. The van der Waals surface area contributed by atoms with Crippen molar-refractivity contribution in [2.75, 3.05) is 0 Å². The van der Waals surface area contributed by atoms with Crippen LogP contribution in [0.15, 0.2) is 29.2 Å². The highest BCUT2D eigenvalue weighted by Crippen LogP contribution is 2.32. The van der Waals surface area contributed by atoms with Crippen molar-refractivity contribution in [1.29, 1.82) is 0 Å². The molecule has 1 saturated carbocycles. The van der Waals surface area contributed by atoms with Gasteiger partial charge in [0.05, 0.1) is 4.92 Å². The molecule has 2 aromatic rings. The van der Waals surface area contributed by atoms with Gasteiger partial charge in [0, 0.05) is 37.3 Å². The number of hydrogen-bond donors (Lipinski definition) is 2. The molecule has 0 unspecified atom stereocenters. The van der Waals surface area contributed by atoms with E-state index in [1.165, 1.54) is 16.8 Å². The van der Waals surface area contributed by atoms with Gasteiger partial charge in [-0.05, 0) is 32.3 Å². The summed E-state index contributed by atoms with van der Waals surface area (Å²) in [5, 5.41) is 18.0. The maximum absolute atomic E-state index is 12.8. The molecule has 1 aliphatic rings. The van der Waals surface area contributed by atoms with Crippen LogP contribution >= 0.6 is 0 Å². The molecule has 0 bridgehead atoms. The van der Waals surface area contributed by atoms with E-state index in [2.05, 4.69) is 15.1 Å². The van der Waals surface area contributed by atoms with Gasteiger partial charge in [-0.25, -0.2) is 17.8 Å². The first-order valence-corrected chi connectivity index (χ1v) is 10.9. The number of nitrogens with one attached hydrogen (secondary N) is 2. The van der Waals surface area contributed by atoms with E-state index in [0.717, 1.165) is 25.0 Å². The fourth-order valence-corrected chi connectivity index (χ4v) is 4.05. The molecular weight excluding hydrogens is 414 g/mol. The lowest BCUT2D eigenvalue weighted by atomic mass is 10.3. The van der Waals surface area contributed by atoms with Crippen LogP contribution in [0, 0.1) is 10.1 Å². The Morgan fingerprint density at radius 1 is 1.40 bits per heavy atom. The van der Waals surface area contributed by atoms with Crippen molar-refractivity contribution >= 4 is 21.6 Å². The number of ether oxygens (including phenoxy) is 1. The summed E-state index contributed by atoms with van der Waals surface area (Å²) in [7, 11) is -2.55. The Balaban J connectivity index is 1.94. The third-order valence-electron chi connectivity index (χ3n) is 4.59. The zero-order valence-corrected chi connectivity index (χ0v) is 17.6. The van der Waals surface area contributed by atoms with Crippen molar-refractivity contribution in [2.24, 2.45) is 7.05 Å². The molecule has 1 fully saturated rings. The van der Waals surface area contributed by atoms with E-state index in [0.29, 0.717) is 6.42 Å². The number of rotatable bonds is 9. The molecule has 0 radical (unpaired) electrons. The molecule has 1 aliphatic carbocycles. The maximum atomic E-state index is 12.8. The number of carbonyl (C=O) groups excluding carboxylic acids is 1. The van der Waals surface area contributed by atoms with Gasteiger partial charge in [0.2, 0.25) is 15.9 Å². The summed E-state index contributed by atoms with van der Waals surface area (Å²) in [6.07, 6.45) is 2.38. The van der Waals surface area contributed by atoms with E-state index in [-0.39, 0.29) is 45.9 Å². The minimum absolute atomic E-state index is 0.116. The molecule has 30 heavy (non-hydrogen) atoms. The monoisotopic (exact) mass is 437 g/mol. The first-order valence-electron chi connectivity index (χ1n) is 9.44. The third-order valence-corrected chi connectivity index (χ3v) is 6.20. The quantitative estimate of drug-likeness (QED) is 0.451. The number of non-ortho nitro benzene ring substituents is 1. The summed E-state index contributed by atoms with van der Waals surface area (Å²) in [6, 6.07) is 4.46. The average Bonchev–Trinajstić information content (AvgIpc) is 3.42. The lowest BCUT2D eigenvalue weighted by molar-refractivity contribution is -0.385. The second-order valence-electron chi connectivity index (χ2n) is 7.16. The van der Waals surface area contributed by atoms with Crippen LogP contribution in [0.5, 0.6) is 11.6 Å². The molecule has 0 aliphatic heterocycles. The predicted octanol–water partition coefficient (Wildman–Crippen LogP) is 2.09. The lowest BCUT2D eigenvalue weighted by Crippen LogP contribution is -2.32. The second kappa shape index (κ2) is 8.40. The minimum Gasteiger partial charge on any atom is -0.438 e. The molecular formula is C18H23N5O6S. The van der Waals surface area contributed by atoms with Gasteiger partial charge in [-0.1, -0.05) is 6.92 Å². The second-order valence-corrected chi connectivity index (χ2v) is 8.84. The Hall–Kier alpha value is -2.99. The first kappa shape index (κ1) is 21.7. The van der Waals surface area contributed by atoms with Crippen LogP contribution in [0.1, 0.15) is 43.6 Å². The molecule has 0 spiro atoms. The molecule has 1 atom stereocenters. The highest BCUT2D eigenvalue weighted by Gasteiger charge is 2.27. The Bertz CT molecular complexity index is 1080. The summed E-state index contributed by atoms with van der Waals surface area (Å²) >= 11 is 0. The molecule has 12 heteroatoms. The number of aryl methyl sites for hydroxylation is 1. The fourth-order valence-electron chi connectivity index (χ4n) is 2.57. The van der Waals surface area contributed by atoms with E-state index in [1.54, 1.807) is 14.0 Å². The molecule has 1 aromatic heterocycles. The summed E-state index contributed by atoms with van der Waals surface area (Å²) in [4.78, 5) is 22.3. The average molecular weight is 437 g/mol. The third kappa shape index (κ3) is 4.94. The van der Waals surface area contributed by atoms with Gasteiger partial charge < -0.3 is 10.1 Å². The summed E-state index contributed by atoms with van der Waals surface area (Å²) in [5.74, 6) is -0.351. The number of nitro groups is 1. The van der Waals surface area contributed by atoms with E-state index < -0.39 is 14.9 Å². The van der Waals surface area contributed by atoms with Gasteiger partial charge in [0.1, 0.15) is 10.6 Å². The van der Waals surface area contributed by atoms with Crippen molar-refractivity contribution in [3.8, 4) is 11.6 Å². The van der Waals surface area contributed by atoms with Gasteiger partial charge in [-0.15, -0.1) is 0 Å². The number of benzene rings is 1. The van der Waals surface area contributed by atoms with Crippen LogP contribution in [0.2, 0.25) is 0 Å². The molecule has 0 saturated heterocycles. The smallest absolute Gasteiger partial charge is 0.272 e. The Morgan fingerprint density at radius 2 is 2.10 bits per heavy atom. The fraction of sp³-hybridized carbons (Fsp3) is 0.444.